The lowest BCUT2D eigenvalue weighted by molar-refractivity contribution is 0.0929. The summed E-state index contributed by atoms with van der Waals surface area (Å²) in [6.45, 7) is 2.13. The zero-order chi connectivity index (χ0) is 13.2. The molecule has 1 fully saturated rings. The Morgan fingerprint density at radius 3 is 2.89 bits per heavy atom. The van der Waals surface area contributed by atoms with Gasteiger partial charge in [-0.25, -0.2) is 0 Å². The number of carbonyl (C=O) groups is 1. The Balaban J connectivity index is 1.78. The first-order chi connectivity index (χ1) is 9.25. The van der Waals surface area contributed by atoms with Crippen LogP contribution in [0.5, 0.6) is 0 Å². The van der Waals surface area contributed by atoms with E-state index in [0.717, 1.165) is 16.5 Å². The van der Waals surface area contributed by atoms with Crippen molar-refractivity contribution < 1.29 is 4.79 Å². The van der Waals surface area contributed by atoms with E-state index in [1.165, 1.54) is 25.7 Å². The van der Waals surface area contributed by atoms with Crippen LogP contribution < -0.4 is 5.32 Å². The van der Waals surface area contributed by atoms with Crippen LogP contribution in [0.4, 0.5) is 0 Å². The van der Waals surface area contributed by atoms with Crippen molar-refractivity contribution in [1.29, 1.82) is 0 Å². The van der Waals surface area contributed by atoms with Gasteiger partial charge in [-0.3, -0.25) is 4.79 Å². The van der Waals surface area contributed by atoms with Crippen LogP contribution in [0, 0.1) is 5.92 Å². The predicted molar refractivity (Wildman–Crippen MR) is 77.2 cm³/mol. The molecule has 0 radical (unpaired) electrons. The first kappa shape index (κ1) is 12.3. The lowest BCUT2D eigenvalue weighted by Crippen LogP contribution is -2.37. The molecule has 3 heteroatoms. The van der Waals surface area contributed by atoms with Crippen LogP contribution in [-0.4, -0.2) is 16.9 Å². The molecule has 1 atom stereocenters. The van der Waals surface area contributed by atoms with E-state index >= 15 is 0 Å². The van der Waals surface area contributed by atoms with Gasteiger partial charge in [0, 0.05) is 17.6 Å². The highest BCUT2D eigenvalue weighted by molar-refractivity contribution is 6.05. The molecule has 1 aromatic carbocycles. The molecule has 1 saturated carbocycles. The molecule has 0 spiro atoms. The molecule has 0 bridgehead atoms. The third-order valence-electron chi connectivity index (χ3n) is 4.30. The highest BCUT2D eigenvalue weighted by atomic mass is 16.1. The van der Waals surface area contributed by atoms with Crippen molar-refractivity contribution in [3.8, 4) is 0 Å². The van der Waals surface area contributed by atoms with Gasteiger partial charge < -0.3 is 10.3 Å². The van der Waals surface area contributed by atoms with Crippen molar-refractivity contribution in [1.82, 2.24) is 10.3 Å². The molecule has 2 N–H and O–H groups in total. The SMILES string of the molecule is CC(NC(=O)c1cccc2cc[nH]c12)C1CCCC1. The van der Waals surface area contributed by atoms with Gasteiger partial charge in [-0.2, -0.15) is 0 Å². The monoisotopic (exact) mass is 256 g/mol. The summed E-state index contributed by atoms with van der Waals surface area (Å²) in [4.78, 5) is 15.5. The summed E-state index contributed by atoms with van der Waals surface area (Å²) in [5.41, 5.74) is 1.67. The quantitative estimate of drug-likeness (QED) is 0.867. The number of nitrogens with one attached hydrogen (secondary N) is 2. The van der Waals surface area contributed by atoms with Gasteiger partial charge in [0.05, 0.1) is 11.1 Å². The largest absolute Gasteiger partial charge is 0.361 e. The molecule has 19 heavy (non-hydrogen) atoms. The van der Waals surface area contributed by atoms with Crippen molar-refractivity contribution in [3.63, 3.8) is 0 Å². The Morgan fingerprint density at radius 1 is 1.32 bits per heavy atom. The number of benzene rings is 1. The molecule has 0 saturated heterocycles. The Bertz CT molecular complexity index is 581. The predicted octanol–water partition coefficient (Wildman–Crippen LogP) is 3.48. The highest BCUT2D eigenvalue weighted by Gasteiger charge is 2.23. The zero-order valence-electron chi connectivity index (χ0n) is 11.3. The second kappa shape index (κ2) is 5.08. The van der Waals surface area contributed by atoms with Gasteiger partial charge in [0.25, 0.3) is 5.91 Å². The van der Waals surface area contributed by atoms with Crippen LogP contribution in [0.3, 0.4) is 0 Å². The number of para-hydroxylation sites is 1. The molecule has 0 aliphatic heterocycles. The molecule has 2 aromatic rings. The van der Waals surface area contributed by atoms with Crippen LogP contribution >= 0.6 is 0 Å². The minimum atomic E-state index is 0.0347. The molecule has 100 valence electrons. The van der Waals surface area contributed by atoms with Crippen molar-refractivity contribution in [2.45, 2.75) is 38.6 Å². The van der Waals surface area contributed by atoms with E-state index in [0.29, 0.717) is 5.92 Å². The number of aromatic amines is 1. The van der Waals surface area contributed by atoms with Crippen LogP contribution in [0.1, 0.15) is 43.0 Å². The maximum atomic E-state index is 12.4. The summed E-state index contributed by atoms with van der Waals surface area (Å²) in [6.07, 6.45) is 6.97. The van der Waals surface area contributed by atoms with E-state index < -0.39 is 0 Å². The van der Waals surface area contributed by atoms with E-state index in [2.05, 4.69) is 17.2 Å². The summed E-state index contributed by atoms with van der Waals surface area (Å²) in [5, 5.41) is 4.25. The van der Waals surface area contributed by atoms with Gasteiger partial charge in [-0.05, 0) is 37.8 Å². The summed E-state index contributed by atoms with van der Waals surface area (Å²) in [5.74, 6) is 0.680. The fraction of sp³-hybridized carbons (Fsp3) is 0.438. The number of hydrogen-bond donors (Lipinski definition) is 2. The minimum absolute atomic E-state index is 0.0347. The fourth-order valence-corrected chi connectivity index (χ4v) is 3.13. The van der Waals surface area contributed by atoms with Gasteiger partial charge >= 0.3 is 0 Å². The smallest absolute Gasteiger partial charge is 0.253 e. The molecule has 1 aliphatic carbocycles. The number of rotatable bonds is 3. The van der Waals surface area contributed by atoms with Gasteiger partial charge in [-0.15, -0.1) is 0 Å². The lowest BCUT2D eigenvalue weighted by atomic mass is 9.99. The van der Waals surface area contributed by atoms with Crippen molar-refractivity contribution in [2.24, 2.45) is 5.92 Å². The van der Waals surface area contributed by atoms with Crippen molar-refractivity contribution >= 4 is 16.8 Å². The maximum absolute atomic E-state index is 12.4. The standard InChI is InChI=1S/C16H20N2O/c1-11(12-5-2-3-6-12)18-16(19)14-8-4-7-13-9-10-17-15(13)14/h4,7-12,17H,2-3,5-6H2,1H3,(H,18,19). The number of amides is 1. The van der Waals surface area contributed by atoms with Crippen molar-refractivity contribution in [2.75, 3.05) is 0 Å². The normalized spacial score (nSPS) is 17.7. The zero-order valence-corrected chi connectivity index (χ0v) is 11.3. The molecule has 1 amide bonds. The molecular weight excluding hydrogens is 236 g/mol. The molecule has 1 aromatic heterocycles. The minimum Gasteiger partial charge on any atom is -0.361 e. The van der Waals surface area contributed by atoms with Gasteiger partial charge in [0.15, 0.2) is 0 Å². The number of fused-ring (bicyclic) bond motifs is 1. The Kier molecular flexibility index (Phi) is 3.28. The maximum Gasteiger partial charge on any atom is 0.253 e. The van der Waals surface area contributed by atoms with E-state index in [1.807, 2.05) is 30.5 Å². The molecular formula is C16H20N2O. The molecule has 3 rings (SSSR count). The molecule has 3 nitrogen and oxygen atoms in total. The number of aromatic nitrogens is 1. The van der Waals surface area contributed by atoms with Crippen LogP contribution in [-0.2, 0) is 0 Å². The first-order valence-corrected chi connectivity index (χ1v) is 7.12. The highest BCUT2D eigenvalue weighted by Crippen LogP contribution is 2.27. The Labute approximate surface area is 113 Å². The Morgan fingerprint density at radius 2 is 2.11 bits per heavy atom. The van der Waals surface area contributed by atoms with E-state index in [1.54, 1.807) is 0 Å². The molecule has 1 aliphatic rings. The van der Waals surface area contributed by atoms with Crippen LogP contribution in [0.25, 0.3) is 10.9 Å². The average molecular weight is 256 g/mol. The molecule has 1 unspecified atom stereocenters. The number of carbonyl (C=O) groups excluding carboxylic acids is 1. The summed E-state index contributed by atoms with van der Waals surface area (Å²) >= 11 is 0. The van der Waals surface area contributed by atoms with Crippen LogP contribution in [0.2, 0.25) is 0 Å². The fourth-order valence-electron chi connectivity index (χ4n) is 3.13. The summed E-state index contributed by atoms with van der Waals surface area (Å²) in [6, 6.07) is 8.09. The third kappa shape index (κ3) is 2.37. The Hall–Kier alpha value is -1.77. The van der Waals surface area contributed by atoms with E-state index in [4.69, 9.17) is 0 Å². The third-order valence-corrected chi connectivity index (χ3v) is 4.30. The van der Waals surface area contributed by atoms with Crippen molar-refractivity contribution in [3.05, 3.63) is 36.0 Å². The van der Waals surface area contributed by atoms with E-state index in [9.17, 15) is 4.79 Å². The first-order valence-electron chi connectivity index (χ1n) is 7.12. The number of hydrogen-bond acceptors (Lipinski definition) is 1. The second-order valence-corrected chi connectivity index (χ2v) is 5.55. The van der Waals surface area contributed by atoms with E-state index in [-0.39, 0.29) is 11.9 Å². The second-order valence-electron chi connectivity index (χ2n) is 5.55. The van der Waals surface area contributed by atoms with Gasteiger partial charge in [-0.1, -0.05) is 25.0 Å². The molecule has 1 heterocycles. The average Bonchev–Trinajstić information content (AvgIpc) is 3.08. The number of H-pyrrole nitrogens is 1. The lowest BCUT2D eigenvalue weighted by Gasteiger charge is -2.20. The van der Waals surface area contributed by atoms with Gasteiger partial charge in [0.2, 0.25) is 0 Å². The topological polar surface area (TPSA) is 44.9 Å². The van der Waals surface area contributed by atoms with Gasteiger partial charge in [0.1, 0.15) is 0 Å². The van der Waals surface area contributed by atoms with Crippen LogP contribution in [0.15, 0.2) is 30.5 Å². The summed E-state index contributed by atoms with van der Waals surface area (Å²) < 4.78 is 0. The summed E-state index contributed by atoms with van der Waals surface area (Å²) in [7, 11) is 0.